The summed E-state index contributed by atoms with van der Waals surface area (Å²) in [6.07, 6.45) is 2.18. The van der Waals surface area contributed by atoms with Crippen molar-refractivity contribution >= 4 is 46.6 Å². The number of tetrazole rings is 1. The molecule has 1 N–H and O–H groups in total. The van der Waals surface area contributed by atoms with E-state index in [2.05, 4.69) is 20.8 Å². The Balaban J connectivity index is 1.57. The lowest BCUT2D eigenvalue weighted by Gasteiger charge is -2.07. The number of carbonyl (C=O) groups excluding carboxylic acids is 1. The van der Waals surface area contributed by atoms with E-state index in [4.69, 9.17) is 23.2 Å². The van der Waals surface area contributed by atoms with Crippen LogP contribution in [0.4, 0.5) is 5.69 Å². The molecule has 0 atom stereocenters. The molecule has 3 rings (SSSR count). The fraction of sp³-hybridized carbons (Fsp3) is 0.333. The van der Waals surface area contributed by atoms with E-state index in [-0.39, 0.29) is 11.7 Å². The van der Waals surface area contributed by atoms with Crippen molar-refractivity contribution in [2.45, 2.75) is 24.0 Å². The molecule has 0 saturated heterocycles. The average Bonchev–Trinajstić information content (AvgIpc) is 3.18. The van der Waals surface area contributed by atoms with Crippen LogP contribution < -0.4 is 5.32 Å². The summed E-state index contributed by atoms with van der Waals surface area (Å²) in [7, 11) is 0. The fourth-order valence-corrected chi connectivity index (χ4v) is 2.94. The zero-order chi connectivity index (χ0) is 14.8. The Labute approximate surface area is 135 Å². The maximum atomic E-state index is 11.9. The Bertz CT molecular complexity index is 673. The van der Waals surface area contributed by atoms with Crippen LogP contribution in [0.25, 0.3) is 0 Å². The first-order valence-electron chi connectivity index (χ1n) is 6.29. The Hall–Kier alpha value is -1.31. The Morgan fingerprint density at radius 2 is 2.24 bits per heavy atom. The number of benzene rings is 1. The minimum atomic E-state index is -0.172. The molecule has 1 fully saturated rings. The summed E-state index contributed by atoms with van der Waals surface area (Å²) >= 11 is 13.1. The normalized spacial score (nSPS) is 14.2. The number of rotatable bonds is 5. The van der Waals surface area contributed by atoms with E-state index in [1.807, 2.05) is 0 Å². The van der Waals surface area contributed by atoms with Crippen LogP contribution in [-0.2, 0) is 4.79 Å². The molecule has 0 bridgehead atoms. The summed E-state index contributed by atoms with van der Waals surface area (Å²) in [5, 5.41) is 15.8. The summed E-state index contributed by atoms with van der Waals surface area (Å²) in [6.45, 7) is 0. The standard InChI is InChI=1S/C12H11Cl2N5OS/c13-7-1-4-10(9(14)5-7)15-11(20)6-21-12-16-17-18-19(12)8-2-3-8/h1,4-5,8H,2-3,6H2,(H,15,20). The monoisotopic (exact) mass is 343 g/mol. The lowest BCUT2D eigenvalue weighted by molar-refractivity contribution is -0.113. The highest BCUT2D eigenvalue weighted by Crippen LogP contribution is 2.36. The van der Waals surface area contributed by atoms with Crippen LogP contribution in [0.15, 0.2) is 23.4 Å². The molecule has 1 heterocycles. The number of hydrogen-bond acceptors (Lipinski definition) is 5. The van der Waals surface area contributed by atoms with E-state index in [0.717, 1.165) is 12.8 Å². The third-order valence-corrected chi connectivity index (χ3v) is 4.37. The SMILES string of the molecule is O=C(CSc1nnnn1C1CC1)Nc1ccc(Cl)cc1Cl. The van der Waals surface area contributed by atoms with Gasteiger partial charge in [-0.05, 0) is 41.5 Å². The molecule has 1 amide bonds. The van der Waals surface area contributed by atoms with E-state index in [1.54, 1.807) is 22.9 Å². The lowest BCUT2D eigenvalue weighted by atomic mass is 10.3. The van der Waals surface area contributed by atoms with E-state index in [0.29, 0.717) is 26.9 Å². The summed E-state index contributed by atoms with van der Waals surface area (Å²) in [6, 6.07) is 5.31. The summed E-state index contributed by atoms with van der Waals surface area (Å²) < 4.78 is 1.77. The first-order chi connectivity index (χ1) is 10.1. The number of nitrogens with zero attached hydrogens (tertiary/aromatic N) is 4. The molecule has 0 spiro atoms. The van der Waals surface area contributed by atoms with E-state index in [1.165, 1.54) is 11.8 Å². The van der Waals surface area contributed by atoms with Crippen molar-refractivity contribution in [3.63, 3.8) is 0 Å². The first kappa shape index (κ1) is 14.6. The quantitative estimate of drug-likeness (QED) is 0.844. The zero-order valence-electron chi connectivity index (χ0n) is 10.8. The van der Waals surface area contributed by atoms with Gasteiger partial charge in [0.15, 0.2) is 0 Å². The lowest BCUT2D eigenvalue weighted by Crippen LogP contribution is -2.15. The summed E-state index contributed by atoms with van der Waals surface area (Å²) in [4.78, 5) is 11.9. The van der Waals surface area contributed by atoms with Crippen molar-refractivity contribution in [2.24, 2.45) is 0 Å². The van der Waals surface area contributed by atoms with Gasteiger partial charge < -0.3 is 5.32 Å². The van der Waals surface area contributed by atoms with E-state index >= 15 is 0 Å². The number of carbonyl (C=O) groups is 1. The molecule has 21 heavy (non-hydrogen) atoms. The molecular formula is C12H11Cl2N5OS. The first-order valence-corrected chi connectivity index (χ1v) is 8.03. The van der Waals surface area contributed by atoms with Gasteiger partial charge in [-0.2, -0.15) is 0 Å². The minimum absolute atomic E-state index is 0.172. The van der Waals surface area contributed by atoms with Gasteiger partial charge in [-0.3, -0.25) is 4.79 Å². The number of nitrogens with one attached hydrogen (secondary N) is 1. The van der Waals surface area contributed by atoms with Gasteiger partial charge in [-0.25, -0.2) is 4.68 Å². The second-order valence-electron chi connectivity index (χ2n) is 4.60. The van der Waals surface area contributed by atoms with Crippen LogP contribution in [-0.4, -0.2) is 31.9 Å². The van der Waals surface area contributed by atoms with Crippen molar-refractivity contribution in [1.82, 2.24) is 20.2 Å². The van der Waals surface area contributed by atoms with Crippen LogP contribution in [0.1, 0.15) is 18.9 Å². The Kier molecular flexibility index (Phi) is 4.32. The Morgan fingerprint density at radius 3 is 2.95 bits per heavy atom. The van der Waals surface area contributed by atoms with Crippen LogP contribution in [0.3, 0.4) is 0 Å². The van der Waals surface area contributed by atoms with Crippen LogP contribution in [0, 0.1) is 0 Å². The number of halogens is 2. The maximum absolute atomic E-state index is 11.9. The molecule has 6 nitrogen and oxygen atoms in total. The molecule has 110 valence electrons. The highest BCUT2D eigenvalue weighted by Gasteiger charge is 2.28. The van der Waals surface area contributed by atoms with Gasteiger partial charge in [-0.15, -0.1) is 5.10 Å². The number of amides is 1. The minimum Gasteiger partial charge on any atom is -0.324 e. The topological polar surface area (TPSA) is 72.7 Å². The smallest absolute Gasteiger partial charge is 0.234 e. The molecule has 1 aliphatic carbocycles. The number of thioether (sulfide) groups is 1. The molecule has 1 saturated carbocycles. The van der Waals surface area contributed by atoms with Crippen LogP contribution in [0.2, 0.25) is 10.0 Å². The van der Waals surface area contributed by atoms with Gasteiger partial charge >= 0.3 is 0 Å². The summed E-state index contributed by atoms with van der Waals surface area (Å²) in [5.74, 6) is 0.0426. The van der Waals surface area contributed by atoms with Crippen molar-refractivity contribution in [1.29, 1.82) is 0 Å². The fourth-order valence-electron chi connectivity index (χ4n) is 1.74. The van der Waals surface area contributed by atoms with Gasteiger partial charge in [0, 0.05) is 5.02 Å². The van der Waals surface area contributed by atoms with E-state index < -0.39 is 0 Å². The number of anilines is 1. The molecule has 2 aromatic rings. The molecule has 1 aliphatic rings. The average molecular weight is 344 g/mol. The number of aromatic nitrogens is 4. The van der Waals surface area contributed by atoms with Gasteiger partial charge in [-0.1, -0.05) is 35.0 Å². The second kappa shape index (κ2) is 6.21. The van der Waals surface area contributed by atoms with Gasteiger partial charge in [0.2, 0.25) is 11.1 Å². The van der Waals surface area contributed by atoms with Crippen molar-refractivity contribution in [3.8, 4) is 0 Å². The summed E-state index contributed by atoms with van der Waals surface area (Å²) in [5.41, 5.74) is 0.536. The van der Waals surface area contributed by atoms with Crippen LogP contribution in [0.5, 0.6) is 0 Å². The third kappa shape index (κ3) is 3.66. The zero-order valence-corrected chi connectivity index (χ0v) is 13.1. The van der Waals surface area contributed by atoms with Crippen molar-refractivity contribution in [2.75, 3.05) is 11.1 Å². The predicted molar refractivity (Wildman–Crippen MR) is 81.9 cm³/mol. The Morgan fingerprint density at radius 1 is 1.43 bits per heavy atom. The molecule has 1 aromatic heterocycles. The van der Waals surface area contributed by atoms with Gasteiger partial charge in [0.05, 0.1) is 22.5 Å². The van der Waals surface area contributed by atoms with Crippen LogP contribution >= 0.6 is 35.0 Å². The third-order valence-electron chi connectivity index (χ3n) is 2.89. The van der Waals surface area contributed by atoms with Gasteiger partial charge in [0.1, 0.15) is 0 Å². The number of hydrogen-bond donors (Lipinski definition) is 1. The maximum Gasteiger partial charge on any atom is 0.234 e. The van der Waals surface area contributed by atoms with Crippen molar-refractivity contribution in [3.05, 3.63) is 28.2 Å². The molecule has 0 unspecified atom stereocenters. The molecule has 9 heteroatoms. The molecule has 0 aliphatic heterocycles. The highest BCUT2D eigenvalue weighted by molar-refractivity contribution is 7.99. The molecule has 0 radical (unpaired) electrons. The van der Waals surface area contributed by atoms with Crippen molar-refractivity contribution < 1.29 is 4.79 Å². The predicted octanol–water partition coefficient (Wildman–Crippen LogP) is 3.05. The highest BCUT2D eigenvalue weighted by atomic mass is 35.5. The second-order valence-corrected chi connectivity index (χ2v) is 6.38. The molecular weight excluding hydrogens is 333 g/mol. The van der Waals surface area contributed by atoms with E-state index in [9.17, 15) is 4.79 Å². The largest absolute Gasteiger partial charge is 0.324 e. The molecule has 1 aromatic carbocycles. The van der Waals surface area contributed by atoms with Gasteiger partial charge in [0.25, 0.3) is 0 Å².